The minimum absolute atomic E-state index is 0.0155. The lowest BCUT2D eigenvalue weighted by molar-refractivity contribution is 0.135. The zero-order valence-corrected chi connectivity index (χ0v) is 15.7. The van der Waals surface area contributed by atoms with Crippen molar-refractivity contribution >= 4 is 17.6 Å². The van der Waals surface area contributed by atoms with E-state index >= 15 is 0 Å². The number of rotatable bonds is 5. The molecule has 0 atom stereocenters. The van der Waals surface area contributed by atoms with Crippen LogP contribution in [-0.4, -0.2) is 49.1 Å². The number of hydrogen-bond acceptors (Lipinski definition) is 3. The Morgan fingerprint density at radius 2 is 1.77 bits per heavy atom. The van der Waals surface area contributed by atoms with Crippen molar-refractivity contribution in [2.75, 3.05) is 33.3 Å². The lowest BCUT2D eigenvalue weighted by Gasteiger charge is -2.34. The second-order valence-electron chi connectivity index (χ2n) is 6.36. The molecule has 0 saturated carbocycles. The van der Waals surface area contributed by atoms with Crippen LogP contribution >= 0.6 is 11.6 Å². The Hall–Kier alpha value is -2.24. The SMILES string of the molecule is COc1ccc(CNC(=O)N2CCN(Cc3ccccc3Cl)CC2)cc1. The van der Waals surface area contributed by atoms with E-state index in [4.69, 9.17) is 16.3 Å². The summed E-state index contributed by atoms with van der Waals surface area (Å²) in [6.07, 6.45) is 0. The summed E-state index contributed by atoms with van der Waals surface area (Å²) in [5, 5.41) is 3.78. The summed E-state index contributed by atoms with van der Waals surface area (Å²) in [6, 6.07) is 15.6. The smallest absolute Gasteiger partial charge is 0.317 e. The predicted molar refractivity (Wildman–Crippen MR) is 104 cm³/mol. The highest BCUT2D eigenvalue weighted by Crippen LogP contribution is 2.18. The zero-order chi connectivity index (χ0) is 18.4. The van der Waals surface area contributed by atoms with Crippen LogP contribution in [0, 0.1) is 0 Å². The largest absolute Gasteiger partial charge is 0.497 e. The Kier molecular flexibility index (Phi) is 6.36. The van der Waals surface area contributed by atoms with Gasteiger partial charge >= 0.3 is 6.03 Å². The number of piperazine rings is 1. The van der Waals surface area contributed by atoms with Gasteiger partial charge in [0, 0.05) is 44.3 Å². The first kappa shape index (κ1) is 18.5. The van der Waals surface area contributed by atoms with Gasteiger partial charge in [0.25, 0.3) is 0 Å². The van der Waals surface area contributed by atoms with Gasteiger partial charge in [0.1, 0.15) is 5.75 Å². The molecule has 2 aromatic carbocycles. The lowest BCUT2D eigenvalue weighted by Crippen LogP contribution is -2.51. The number of nitrogens with zero attached hydrogens (tertiary/aromatic N) is 2. The second kappa shape index (κ2) is 8.92. The van der Waals surface area contributed by atoms with E-state index < -0.39 is 0 Å². The first-order chi connectivity index (χ1) is 12.7. The maximum absolute atomic E-state index is 12.4. The summed E-state index contributed by atoms with van der Waals surface area (Å²) in [5.74, 6) is 0.815. The van der Waals surface area contributed by atoms with E-state index in [2.05, 4.69) is 16.3 Å². The number of urea groups is 1. The van der Waals surface area contributed by atoms with Crippen LogP contribution in [0.3, 0.4) is 0 Å². The third-order valence-corrected chi connectivity index (χ3v) is 4.98. The summed E-state index contributed by atoms with van der Waals surface area (Å²) in [5.41, 5.74) is 2.18. The number of benzene rings is 2. The number of nitrogens with one attached hydrogen (secondary N) is 1. The topological polar surface area (TPSA) is 44.8 Å². The Balaban J connectivity index is 1.43. The van der Waals surface area contributed by atoms with Crippen molar-refractivity contribution in [2.45, 2.75) is 13.1 Å². The van der Waals surface area contributed by atoms with Crippen LogP contribution in [0.25, 0.3) is 0 Å². The van der Waals surface area contributed by atoms with Crippen LogP contribution in [-0.2, 0) is 13.1 Å². The molecule has 0 unspecified atom stereocenters. The molecule has 2 aromatic rings. The Bertz CT molecular complexity index is 728. The summed E-state index contributed by atoms with van der Waals surface area (Å²) in [7, 11) is 1.64. The summed E-state index contributed by atoms with van der Waals surface area (Å²) < 4.78 is 5.14. The summed E-state index contributed by atoms with van der Waals surface area (Å²) in [6.45, 7) is 4.48. The average Bonchev–Trinajstić information content (AvgIpc) is 2.69. The predicted octanol–water partition coefficient (Wildman–Crippen LogP) is 3.38. The van der Waals surface area contributed by atoms with Gasteiger partial charge in [0.05, 0.1) is 7.11 Å². The number of halogens is 1. The van der Waals surface area contributed by atoms with Gasteiger partial charge in [-0.1, -0.05) is 41.9 Å². The van der Waals surface area contributed by atoms with Gasteiger partial charge in [-0.2, -0.15) is 0 Å². The third-order valence-electron chi connectivity index (χ3n) is 4.61. The van der Waals surface area contributed by atoms with Crippen molar-refractivity contribution in [1.82, 2.24) is 15.1 Å². The molecule has 3 rings (SSSR count). The normalized spacial score (nSPS) is 14.9. The molecule has 0 bridgehead atoms. The summed E-state index contributed by atoms with van der Waals surface area (Å²) >= 11 is 6.23. The molecule has 26 heavy (non-hydrogen) atoms. The third kappa shape index (κ3) is 4.90. The standard InChI is InChI=1S/C20H24ClN3O2/c1-26-18-8-6-16(7-9-18)14-22-20(25)24-12-10-23(11-13-24)15-17-4-2-3-5-19(17)21/h2-9H,10-15H2,1H3,(H,22,25). The molecular formula is C20H24ClN3O2. The molecule has 6 heteroatoms. The Morgan fingerprint density at radius 3 is 2.42 bits per heavy atom. The van der Waals surface area contributed by atoms with Crippen molar-refractivity contribution < 1.29 is 9.53 Å². The zero-order valence-electron chi connectivity index (χ0n) is 15.0. The van der Waals surface area contributed by atoms with Gasteiger partial charge in [0.2, 0.25) is 0 Å². The van der Waals surface area contributed by atoms with Crippen LogP contribution in [0.1, 0.15) is 11.1 Å². The number of amides is 2. The highest BCUT2D eigenvalue weighted by molar-refractivity contribution is 6.31. The fourth-order valence-electron chi connectivity index (χ4n) is 3.01. The lowest BCUT2D eigenvalue weighted by atomic mass is 10.2. The number of methoxy groups -OCH3 is 1. The van der Waals surface area contributed by atoms with Crippen molar-refractivity contribution in [3.05, 3.63) is 64.7 Å². The molecule has 1 aliphatic heterocycles. The molecule has 1 aliphatic rings. The molecule has 1 fully saturated rings. The minimum Gasteiger partial charge on any atom is -0.497 e. The fraction of sp³-hybridized carbons (Fsp3) is 0.350. The molecule has 1 saturated heterocycles. The first-order valence-corrected chi connectivity index (χ1v) is 9.15. The maximum Gasteiger partial charge on any atom is 0.317 e. The van der Waals surface area contributed by atoms with Crippen LogP contribution in [0.15, 0.2) is 48.5 Å². The Labute approximate surface area is 159 Å². The van der Waals surface area contributed by atoms with Crippen molar-refractivity contribution in [2.24, 2.45) is 0 Å². The molecule has 2 amide bonds. The molecule has 0 spiro atoms. The van der Waals surface area contributed by atoms with E-state index in [9.17, 15) is 4.79 Å². The number of ether oxygens (including phenoxy) is 1. The number of hydrogen-bond donors (Lipinski definition) is 1. The quantitative estimate of drug-likeness (QED) is 0.873. The minimum atomic E-state index is -0.0155. The second-order valence-corrected chi connectivity index (χ2v) is 6.77. The monoisotopic (exact) mass is 373 g/mol. The molecule has 1 N–H and O–H groups in total. The molecule has 0 aliphatic carbocycles. The van der Waals surface area contributed by atoms with Gasteiger partial charge < -0.3 is 15.0 Å². The number of carbonyl (C=O) groups excluding carboxylic acids is 1. The van der Waals surface area contributed by atoms with Gasteiger partial charge in [0.15, 0.2) is 0 Å². The van der Waals surface area contributed by atoms with Crippen LogP contribution in [0.5, 0.6) is 5.75 Å². The van der Waals surface area contributed by atoms with Crippen molar-refractivity contribution in [3.8, 4) is 5.75 Å². The van der Waals surface area contributed by atoms with E-state index in [1.807, 2.05) is 47.4 Å². The van der Waals surface area contributed by atoms with Gasteiger partial charge in [-0.05, 0) is 29.3 Å². The van der Waals surface area contributed by atoms with Crippen LogP contribution in [0.4, 0.5) is 4.79 Å². The van der Waals surface area contributed by atoms with E-state index in [0.717, 1.165) is 54.6 Å². The molecular weight excluding hydrogens is 350 g/mol. The van der Waals surface area contributed by atoms with Crippen molar-refractivity contribution in [3.63, 3.8) is 0 Å². The first-order valence-electron chi connectivity index (χ1n) is 8.77. The molecule has 5 nitrogen and oxygen atoms in total. The van der Waals surface area contributed by atoms with Crippen LogP contribution in [0.2, 0.25) is 5.02 Å². The van der Waals surface area contributed by atoms with Crippen molar-refractivity contribution in [1.29, 1.82) is 0 Å². The molecule has 1 heterocycles. The van der Waals surface area contributed by atoms with Gasteiger partial charge in [-0.25, -0.2) is 4.79 Å². The van der Waals surface area contributed by atoms with Gasteiger partial charge in [-0.3, -0.25) is 4.90 Å². The van der Waals surface area contributed by atoms with E-state index in [1.165, 1.54) is 0 Å². The molecule has 0 radical (unpaired) electrons. The van der Waals surface area contributed by atoms with E-state index in [1.54, 1.807) is 7.11 Å². The maximum atomic E-state index is 12.4. The average molecular weight is 374 g/mol. The van der Waals surface area contributed by atoms with E-state index in [-0.39, 0.29) is 6.03 Å². The Morgan fingerprint density at radius 1 is 1.08 bits per heavy atom. The fourth-order valence-corrected chi connectivity index (χ4v) is 3.20. The highest BCUT2D eigenvalue weighted by Gasteiger charge is 2.21. The summed E-state index contributed by atoms with van der Waals surface area (Å²) in [4.78, 5) is 16.6. The van der Waals surface area contributed by atoms with E-state index in [0.29, 0.717) is 6.54 Å². The molecule has 138 valence electrons. The highest BCUT2D eigenvalue weighted by atomic mass is 35.5. The van der Waals surface area contributed by atoms with Gasteiger partial charge in [-0.15, -0.1) is 0 Å². The molecule has 0 aromatic heterocycles. The number of carbonyl (C=O) groups is 1. The van der Waals surface area contributed by atoms with Crippen LogP contribution < -0.4 is 10.1 Å².